The van der Waals surface area contributed by atoms with Crippen molar-refractivity contribution in [3.8, 4) is 0 Å². The fraction of sp³-hybridized carbons (Fsp3) is 0.440. The molecular formula is C25H31FN4O3. The van der Waals surface area contributed by atoms with Gasteiger partial charge in [0.05, 0.1) is 0 Å². The minimum absolute atomic E-state index is 0.161. The highest BCUT2D eigenvalue weighted by Crippen LogP contribution is 2.19. The molecule has 0 aliphatic carbocycles. The zero-order valence-corrected chi connectivity index (χ0v) is 18.7. The van der Waals surface area contributed by atoms with E-state index in [1.807, 2.05) is 6.07 Å². The standard InChI is InChI=1S/C25H31FN4O3/c26-22-16-20(9-10-23(31)29-33-24-8-4-5-15-32-24)17-27-25(22)28-21-12-14-30(18-21)13-11-19-6-2-1-3-7-19/h1-3,6-7,9-10,16-17,21,24H,4-5,8,11-15,18H2,(H,27,28)(H,29,31)/b10-9+/t21-,24?/m1/s1. The van der Waals surface area contributed by atoms with Crippen molar-refractivity contribution in [2.45, 2.75) is 44.4 Å². The van der Waals surface area contributed by atoms with Gasteiger partial charge in [-0.2, -0.15) is 0 Å². The summed E-state index contributed by atoms with van der Waals surface area (Å²) in [4.78, 5) is 23.7. The van der Waals surface area contributed by atoms with E-state index in [2.05, 4.69) is 44.9 Å². The number of carbonyl (C=O) groups excluding carboxylic acids is 1. The van der Waals surface area contributed by atoms with E-state index >= 15 is 0 Å². The van der Waals surface area contributed by atoms with Gasteiger partial charge < -0.3 is 15.0 Å². The Morgan fingerprint density at radius 2 is 2.15 bits per heavy atom. The van der Waals surface area contributed by atoms with Crippen LogP contribution < -0.4 is 10.8 Å². The van der Waals surface area contributed by atoms with Gasteiger partial charge in [0, 0.05) is 51.0 Å². The summed E-state index contributed by atoms with van der Waals surface area (Å²) >= 11 is 0. The molecule has 2 aliphatic rings. The number of halogens is 1. The summed E-state index contributed by atoms with van der Waals surface area (Å²) in [5.74, 6) is -0.634. The lowest BCUT2D eigenvalue weighted by Crippen LogP contribution is -2.32. The molecule has 33 heavy (non-hydrogen) atoms. The number of benzene rings is 1. The second-order valence-electron chi connectivity index (χ2n) is 8.48. The fourth-order valence-electron chi connectivity index (χ4n) is 4.06. The van der Waals surface area contributed by atoms with E-state index in [1.165, 1.54) is 23.8 Å². The van der Waals surface area contributed by atoms with Crippen molar-refractivity contribution in [3.63, 3.8) is 0 Å². The molecule has 8 heteroatoms. The Hall–Kier alpha value is -2.81. The van der Waals surface area contributed by atoms with Gasteiger partial charge in [0.2, 0.25) is 0 Å². The van der Waals surface area contributed by atoms with Crippen molar-refractivity contribution in [1.29, 1.82) is 0 Å². The van der Waals surface area contributed by atoms with E-state index in [9.17, 15) is 9.18 Å². The van der Waals surface area contributed by atoms with Crippen molar-refractivity contribution >= 4 is 17.8 Å². The number of nitrogens with zero attached hydrogens (tertiary/aromatic N) is 2. The monoisotopic (exact) mass is 454 g/mol. The number of nitrogens with one attached hydrogen (secondary N) is 2. The van der Waals surface area contributed by atoms with Gasteiger partial charge in [-0.05, 0) is 49.0 Å². The van der Waals surface area contributed by atoms with Crippen molar-refractivity contribution in [2.75, 3.05) is 31.6 Å². The first-order valence-corrected chi connectivity index (χ1v) is 11.6. The Balaban J connectivity index is 1.21. The topological polar surface area (TPSA) is 75.7 Å². The van der Waals surface area contributed by atoms with Gasteiger partial charge in [0.1, 0.15) is 0 Å². The summed E-state index contributed by atoms with van der Waals surface area (Å²) in [6.07, 6.45) is 8.64. The number of pyridine rings is 1. The zero-order valence-electron chi connectivity index (χ0n) is 18.7. The second kappa shape index (κ2) is 11.9. The van der Waals surface area contributed by atoms with E-state index in [-0.39, 0.29) is 11.9 Å². The second-order valence-corrected chi connectivity index (χ2v) is 8.48. The third-order valence-corrected chi connectivity index (χ3v) is 5.89. The Labute approximate surface area is 193 Å². The van der Waals surface area contributed by atoms with Crippen molar-refractivity contribution < 1.29 is 18.8 Å². The Bertz CT molecular complexity index is 935. The van der Waals surface area contributed by atoms with Gasteiger partial charge in [0.15, 0.2) is 17.9 Å². The van der Waals surface area contributed by atoms with Crippen LogP contribution in [0.3, 0.4) is 0 Å². The first kappa shape index (κ1) is 23.4. The van der Waals surface area contributed by atoms with Crippen LogP contribution in [-0.2, 0) is 20.8 Å². The van der Waals surface area contributed by atoms with Crippen LogP contribution in [0.4, 0.5) is 10.2 Å². The van der Waals surface area contributed by atoms with Gasteiger partial charge in [-0.25, -0.2) is 19.7 Å². The lowest BCUT2D eigenvalue weighted by molar-refractivity contribution is -0.198. The number of carbonyl (C=O) groups is 1. The maximum absolute atomic E-state index is 14.6. The quantitative estimate of drug-likeness (QED) is 0.446. The van der Waals surface area contributed by atoms with E-state index in [4.69, 9.17) is 9.57 Å². The molecule has 1 aromatic heterocycles. The molecule has 2 aromatic rings. The lowest BCUT2D eigenvalue weighted by atomic mass is 10.1. The highest BCUT2D eigenvalue weighted by molar-refractivity contribution is 5.90. The van der Waals surface area contributed by atoms with Crippen LogP contribution in [-0.4, -0.2) is 54.4 Å². The molecular weight excluding hydrogens is 423 g/mol. The van der Waals surface area contributed by atoms with Crippen molar-refractivity contribution in [2.24, 2.45) is 0 Å². The number of aromatic nitrogens is 1. The number of ether oxygens (including phenoxy) is 1. The summed E-state index contributed by atoms with van der Waals surface area (Å²) in [5.41, 5.74) is 4.16. The van der Waals surface area contributed by atoms with Gasteiger partial charge >= 0.3 is 0 Å². The molecule has 1 unspecified atom stereocenters. The van der Waals surface area contributed by atoms with Crippen LogP contribution in [0.5, 0.6) is 0 Å². The van der Waals surface area contributed by atoms with Gasteiger partial charge in [-0.3, -0.25) is 4.79 Å². The molecule has 3 heterocycles. The van der Waals surface area contributed by atoms with E-state index in [1.54, 1.807) is 6.20 Å². The highest BCUT2D eigenvalue weighted by atomic mass is 19.1. The number of hydrogen-bond acceptors (Lipinski definition) is 6. The molecule has 0 saturated carbocycles. The summed E-state index contributed by atoms with van der Waals surface area (Å²) in [5, 5.41) is 3.22. The van der Waals surface area contributed by atoms with Crippen LogP contribution >= 0.6 is 0 Å². The number of anilines is 1. The summed E-state index contributed by atoms with van der Waals surface area (Å²) < 4.78 is 20.0. The number of hydroxylamine groups is 1. The number of hydrogen-bond donors (Lipinski definition) is 2. The number of likely N-dealkylation sites (tertiary alicyclic amines) is 1. The molecule has 2 atom stereocenters. The predicted octanol–water partition coefficient (Wildman–Crippen LogP) is 3.54. The third kappa shape index (κ3) is 7.35. The normalized spacial score (nSPS) is 21.4. The molecule has 0 spiro atoms. The molecule has 0 bridgehead atoms. The third-order valence-electron chi connectivity index (χ3n) is 5.89. The molecule has 1 aromatic carbocycles. The van der Waals surface area contributed by atoms with E-state index < -0.39 is 18.0 Å². The zero-order chi connectivity index (χ0) is 22.9. The van der Waals surface area contributed by atoms with Gasteiger partial charge in [-0.1, -0.05) is 30.3 Å². The number of amides is 1. The minimum Gasteiger partial charge on any atom is -0.364 e. The van der Waals surface area contributed by atoms with Gasteiger partial charge in [-0.15, -0.1) is 0 Å². The van der Waals surface area contributed by atoms with Crippen LogP contribution in [0.15, 0.2) is 48.7 Å². The predicted molar refractivity (Wildman–Crippen MR) is 125 cm³/mol. The Morgan fingerprint density at radius 3 is 2.94 bits per heavy atom. The molecule has 0 radical (unpaired) electrons. The molecule has 1 amide bonds. The molecule has 4 rings (SSSR count). The maximum atomic E-state index is 14.6. The number of rotatable bonds is 9. The summed E-state index contributed by atoms with van der Waals surface area (Å²) in [6.45, 7) is 3.46. The summed E-state index contributed by atoms with van der Waals surface area (Å²) in [6, 6.07) is 12.0. The van der Waals surface area contributed by atoms with Gasteiger partial charge in [0.25, 0.3) is 5.91 Å². The molecule has 176 valence electrons. The first-order chi connectivity index (χ1) is 16.2. The van der Waals surface area contributed by atoms with E-state index in [0.717, 1.165) is 51.7 Å². The van der Waals surface area contributed by atoms with Crippen molar-refractivity contribution in [3.05, 3.63) is 65.6 Å². The smallest absolute Gasteiger partial charge is 0.267 e. The first-order valence-electron chi connectivity index (χ1n) is 11.6. The highest BCUT2D eigenvalue weighted by Gasteiger charge is 2.23. The summed E-state index contributed by atoms with van der Waals surface area (Å²) in [7, 11) is 0. The Morgan fingerprint density at radius 1 is 1.27 bits per heavy atom. The van der Waals surface area contributed by atoms with Crippen LogP contribution in [0, 0.1) is 5.82 Å². The van der Waals surface area contributed by atoms with Crippen LogP contribution in [0.1, 0.15) is 36.8 Å². The molecule has 7 nitrogen and oxygen atoms in total. The lowest BCUT2D eigenvalue weighted by Gasteiger charge is -2.21. The Kier molecular flexibility index (Phi) is 8.41. The average Bonchev–Trinajstić information content (AvgIpc) is 3.30. The molecule has 2 N–H and O–H groups in total. The maximum Gasteiger partial charge on any atom is 0.267 e. The SMILES string of the molecule is O=C(/C=C/c1cnc(N[C@@H]2CCN(CCc3ccccc3)C2)c(F)c1)NOC1CCCCO1. The molecule has 2 fully saturated rings. The fourth-order valence-corrected chi connectivity index (χ4v) is 4.06. The van der Waals surface area contributed by atoms with Crippen LogP contribution in [0.2, 0.25) is 0 Å². The van der Waals surface area contributed by atoms with E-state index in [0.29, 0.717) is 12.2 Å². The average molecular weight is 455 g/mol. The molecule has 2 aliphatic heterocycles. The van der Waals surface area contributed by atoms with Crippen molar-refractivity contribution in [1.82, 2.24) is 15.4 Å². The van der Waals surface area contributed by atoms with Crippen LogP contribution in [0.25, 0.3) is 6.08 Å². The minimum atomic E-state index is -0.438. The largest absolute Gasteiger partial charge is 0.364 e. The molecule has 2 saturated heterocycles.